The summed E-state index contributed by atoms with van der Waals surface area (Å²) in [5.41, 5.74) is 1.76. The van der Waals surface area contributed by atoms with Gasteiger partial charge in [0.25, 0.3) is 0 Å². The van der Waals surface area contributed by atoms with E-state index in [-0.39, 0.29) is 6.10 Å². The van der Waals surface area contributed by atoms with Gasteiger partial charge in [0, 0.05) is 6.04 Å². The molecule has 21 heavy (non-hydrogen) atoms. The molecule has 1 aromatic rings. The molecule has 2 nitrogen and oxygen atoms in total. The Hall–Kier alpha value is -1.02. The van der Waals surface area contributed by atoms with Gasteiger partial charge in [-0.2, -0.15) is 0 Å². The molecular formula is C19H31NO. The SMILES string of the molecule is CCCNC(c1cccc(OC(C)C)c1)C1(C)CCCC1. The third kappa shape index (κ3) is 4.23. The minimum absolute atomic E-state index is 0.226. The van der Waals surface area contributed by atoms with E-state index >= 15 is 0 Å². The maximum absolute atomic E-state index is 5.88. The van der Waals surface area contributed by atoms with E-state index in [1.54, 1.807) is 0 Å². The summed E-state index contributed by atoms with van der Waals surface area (Å²) in [6.45, 7) is 9.92. The fourth-order valence-corrected chi connectivity index (χ4v) is 3.57. The number of benzene rings is 1. The molecule has 0 amide bonds. The Labute approximate surface area is 130 Å². The molecule has 1 aliphatic rings. The van der Waals surface area contributed by atoms with Gasteiger partial charge in [-0.1, -0.05) is 38.8 Å². The summed E-state index contributed by atoms with van der Waals surface area (Å²) in [4.78, 5) is 0. The lowest BCUT2D eigenvalue weighted by Crippen LogP contribution is -2.35. The van der Waals surface area contributed by atoms with E-state index in [1.165, 1.54) is 37.7 Å². The number of hydrogen-bond acceptors (Lipinski definition) is 2. The van der Waals surface area contributed by atoms with Crippen LogP contribution < -0.4 is 10.1 Å². The number of rotatable bonds is 7. The smallest absolute Gasteiger partial charge is 0.120 e. The molecule has 0 spiro atoms. The van der Waals surface area contributed by atoms with E-state index in [2.05, 4.69) is 57.3 Å². The minimum atomic E-state index is 0.226. The average molecular weight is 289 g/mol. The van der Waals surface area contributed by atoms with Gasteiger partial charge in [-0.25, -0.2) is 0 Å². The predicted octanol–water partition coefficient (Wildman–Crippen LogP) is 5.09. The zero-order chi connectivity index (χ0) is 15.3. The van der Waals surface area contributed by atoms with Crippen LogP contribution in [0.2, 0.25) is 0 Å². The highest BCUT2D eigenvalue weighted by atomic mass is 16.5. The second kappa shape index (κ2) is 7.31. The summed E-state index contributed by atoms with van der Waals surface area (Å²) in [7, 11) is 0. The van der Waals surface area contributed by atoms with Crippen LogP contribution in [0.3, 0.4) is 0 Å². The first kappa shape index (κ1) is 16.4. The molecule has 0 aromatic heterocycles. The van der Waals surface area contributed by atoms with Crippen molar-refractivity contribution in [2.75, 3.05) is 6.54 Å². The van der Waals surface area contributed by atoms with Gasteiger partial charge in [0.1, 0.15) is 5.75 Å². The van der Waals surface area contributed by atoms with Gasteiger partial charge in [-0.3, -0.25) is 0 Å². The Morgan fingerprint density at radius 3 is 2.57 bits per heavy atom. The van der Waals surface area contributed by atoms with Crippen LogP contribution in [-0.2, 0) is 0 Å². The molecule has 118 valence electrons. The summed E-state index contributed by atoms with van der Waals surface area (Å²) in [5, 5.41) is 3.79. The molecule has 2 rings (SSSR count). The topological polar surface area (TPSA) is 21.3 Å². The lowest BCUT2D eigenvalue weighted by Gasteiger charge is -2.35. The largest absolute Gasteiger partial charge is 0.491 e. The Morgan fingerprint density at radius 1 is 1.24 bits per heavy atom. The first-order valence-electron chi connectivity index (χ1n) is 8.55. The normalized spacial score (nSPS) is 18.9. The van der Waals surface area contributed by atoms with Crippen LogP contribution in [0.5, 0.6) is 5.75 Å². The fraction of sp³-hybridized carbons (Fsp3) is 0.684. The Morgan fingerprint density at radius 2 is 1.95 bits per heavy atom. The molecule has 0 heterocycles. The summed E-state index contributed by atoms with van der Waals surface area (Å²) in [6.07, 6.45) is 6.78. The van der Waals surface area contributed by atoms with Crippen LogP contribution in [0, 0.1) is 5.41 Å². The maximum atomic E-state index is 5.88. The standard InChI is InChI=1S/C19H31NO/c1-5-13-20-18(19(4)11-6-7-12-19)16-9-8-10-17(14-16)21-15(2)3/h8-10,14-15,18,20H,5-7,11-13H2,1-4H3. The van der Waals surface area contributed by atoms with Crippen molar-refractivity contribution in [3.05, 3.63) is 29.8 Å². The number of nitrogens with one attached hydrogen (secondary N) is 1. The van der Waals surface area contributed by atoms with Crippen molar-refractivity contribution in [2.45, 2.75) is 71.9 Å². The Kier molecular flexibility index (Phi) is 5.69. The molecular weight excluding hydrogens is 258 g/mol. The van der Waals surface area contributed by atoms with Gasteiger partial charge in [0.05, 0.1) is 6.10 Å². The van der Waals surface area contributed by atoms with Gasteiger partial charge >= 0.3 is 0 Å². The van der Waals surface area contributed by atoms with E-state index in [4.69, 9.17) is 4.74 Å². The quantitative estimate of drug-likeness (QED) is 0.754. The first-order chi connectivity index (χ1) is 10.0. The highest BCUT2D eigenvalue weighted by molar-refractivity contribution is 5.32. The molecule has 1 fully saturated rings. The van der Waals surface area contributed by atoms with Gasteiger partial charge < -0.3 is 10.1 Å². The van der Waals surface area contributed by atoms with Crippen molar-refractivity contribution < 1.29 is 4.74 Å². The van der Waals surface area contributed by atoms with Gasteiger partial charge in [-0.15, -0.1) is 0 Å². The highest BCUT2D eigenvalue weighted by Crippen LogP contribution is 2.47. The van der Waals surface area contributed by atoms with Gasteiger partial charge in [0.15, 0.2) is 0 Å². The van der Waals surface area contributed by atoms with Crippen LogP contribution in [0.4, 0.5) is 0 Å². The summed E-state index contributed by atoms with van der Waals surface area (Å²) >= 11 is 0. The van der Waals surface area contributed by atoms with E-state index in [9.17, 15) is 0 Å². The highest BCUT2D eigenvalue weighted by Gasteiger charge is 2.37. The monoisotopic (exact) mass is 289 g/mol. The lowest BCUT2D eigenvalue weighted by atomic mass is 9.77. The van der Waals surface area contributed by atoms with E-state index < -0.39 is 0 Å². The summed E-state index contributed by atoms with van der Waals surface area (Å²) < 4.78 is 5.88. The lowest BCUT2D eigenvalue weighted by molar-refractivity contribution is 0.220. The van der Waals surface area contributed by atoms with Crippen LogP contribution in [0.15, 0.2) is 24.3 Å². The second-order valence-corrected chi connectivity index (χ2v) is 6.99. The molecule has 1 unspecified atom stereocenters. The van der Waals surface area contributed by atoms with E-state index in [0.29, 0.717) is 11.5 Å². The van der Waals surface area contributed by atoms with E-state index in [1.807, 2.05) is 0 Å². The molecule has 1 atom stereocenters. The van der Waals surface area contributed by atoms with Crippen molar-refractivity contribution in [2.24, 2.45) is 5.41 Å². The molecule has 2 heteroatoms. The summed E-state index contributed by atoms with van der Waals surface area (Å²) in [6, 6.07) is 9.13. The van der Waals surface area contributed by atoms with Crippen LogP contribution >= 0.6 is 0 Å². The number of hydrogen-bond donors (Lipinski definition) is 1. The van der Waals surface area contributed by atoms with Crippen molar-refractivity contribution in [1.82, 2.24) is 5.32 Å². The third-order valence-electron chi connectivity index (χ3n) is 4.60. The van der Waals surface area contributed by atoms with Crippen molar-refractivity contribution in [3.8, 4) is 5.75 Å². The summed E-state index contributed by atoms with van der Waals surface area (Å²) in [5.74, 6) is 0.993. The zero-order valence-corrected chi connectivity index (χ0v) is 14.1. The van der Waals surface area contributed by atoms with Crippen molar-refractivity contribution >= 4 is 0 Å². The van der Waals surface area contributed by atoms with Crippen LogP contribution in [-0.4, -0.2) is 12.6 Å². The minimum Gasteiger partial charge on any atom is -0.491 e. The van der Waals surface area contributed by atoms with E-state index in [0.717, 1.165) is 12.3 Å². The average Bonchev–Trinajstić information content (AvgIpc) is 2.86. The first-order valence-corrected chi connectivity index (χ1v) is 8.55. The molecule has 1 aliphatic carbocycles. The van der Waals surface area contributed by atoms with Crippen LogP contribution in [0.25, 0.3) is 0 Å². The third-order valence-corrected chi connectivity index (χ3v) is 4.60. The predicted molar refractivity (Wildman–Crippen MR) is 89.8 cm³/mol. The number of ether oxygens (including phenoxy) is 1. The molecule has 0 saturated heterocycles. The Balaban J connectivity index is 2.23. The molecule has 1 saturated carbocycles. The molecule has 0 radical (unpaired) electrons. The van der Waals surface area contributed by atoms with Gasteiger partial charge in [0.2, 0.25) is 0 Å². The molecule has 0 bridgehead atoms. The molecule has 1 aromatic carbocycles. The fourth-order valence-electron chi connectivity index (χ4n) is 3.57. The van der Waals surface area contributed by atoms with Gasteiger partial charge in [-0.05, 0) is 62.8 Å². The van der Waals surface area contributed by atoms with Crippen LogP contribution in [0.1, 0.15) is 71.4 Å². The molecule has 0 aliphatic heterocycles. The second-order valence-electron chi connectivity index (χ2n) is 6.99. The Bertz CT molecular complexity index is 435. The maximum Gasteiger partial charge on any atom is 0.120 e. The van der Waals surface area contributed by atoms with Crippen molar-refractivity contribution in [1.29, 1.82) is 0 Å². The molecule has 1 N–H and O–H groups in total. The zero-order valence-electron chi connectivity index (χ0n) is 14.1. The van der Waals surface area contributed by atoms with Crippen molar-refractivity contribution in [3.63, 3.8) is 0 Å².